The van der Waals surface area contributed by atoms with Crippen molar-refractivity contribution in [1.29, 1.82) is 0 Å². The molecule has 1 aliphatic heterocycles. The Labute approximate surface area is 119 Å². The second kappa shape index (κ2) is 7.03. The molecule has 110 valence electrons. The molecule has 5 heteroatoms. The number of amides is 2. The summed E-state index contributed by atoms with van der Waals surface area (Å²) in [5.41, 5.74) is 0. The highest BCUT2D eigenvalue weighted by Gasteiger charge is 2.20. The molecule has 0 bridgehead atoms. The largest absolute Gasteiger partial charge is 0.493 e. The van der Waals surface area contributed by atoms with Gasteiger partial charge in [0.05, 0.1) is 13.7 Å². The number of carbonyl (C=O) groups excluding carboxylic acids is 1. The lowest BCUT2D eigenvalue weighted by molar-refractivity contribution is 0.164. The maximum Gasteiger partial charge on any atom is 0.317 e. The maximum atomic E-state index is 11.7. The second-order valence-corrected chi connectivity index (χ2v) is 5.09. The molecular weight excluding hydrogens is 256 g/mol. The Kier molecular flexibility index (Phi) is 5.09. The Bertz CT molecular complexity index is 446. The van der Waals surface area contributed by atoms with Gasteiger partial charge in [-0.1, -0.05) is 19.1 Å². The monoisotopic (exact) mass is 278 g/mol. The van der Waals surface area contributed by atoms with Gasteiger partial charge in [0.15, 0.2) is 11.5 Å². The Morgan fingerprint density at radius 1 is 1.35 bits per heavy atom. The molecule has 2 amide bonds. The highest BCUT2D eigenvalue weighted by molar-refractivity contribution is 5.74. The zero-order valence-corrected chi connectivity index (χ0v) is 12.1. The molecule has 0 unspecified atom stereocenters. The minimum Gasteiger partial charge on any atom is -0.493 e. The standard InChI is InChI=1S/C15H22N2O3/c1-12(10-16-15(18)17-8-5-9-17)11-20-14-7-4-3-6-13(14)19-2/h3-4,6-7,12H,5,8-11H2,1-2H3,(H,16,18)/t12-/m0/s1. The fraction of sp³-hybridized carbons (Fsp3) is 0.533. The number of methoxy groups -OCH3 is 1. The van der Waals surface area contributed by atoms with Gasteiger partial charge >= 0.3 is 6.03 Å². The van der Waals surface area contributed by atoms with Crippen molar-refractivity contribution in [1.82, 2.24) is 10.2 Å². The maximum absolute atomic E-state index is 11.7. The summed E-state index contributed by atoms with van der Waals surface area (Å²) in [4.78, 5) is 13.5. The van der Waals surface area contributed by atoms with Crippen LogP contribution in [0.1, 0.15) is 13.3 Å². The summed E-state index contributed by atoms with van der Waals surface area (Å²) in [7, 11) is 1.62. The molecule has 5 nitrogen and oxygen atoms in total. The highest BCUT2D eigenvalue weighted by Crippen LogP contribution is 2.26. The summed E-state index contributed by atoms with van der Waals surface area (Å²) in [6, 6.07) is 7.59. The third-order valence-electron chi connectivity index (χ3n) is 3.34. The van der Waals surface area contributed by atoms with Gasteiger partial charge in [0.1, 0.15) is 0 Å². The van der Waals surface area contributed by atoms with Crippen molar-refractivity contribution in [3.63, 3.8) is 0 Å². The van der Waals surface area contributed by atoms with Crippen molar-refractivity contribution >= 4 is 6.03 Å². The van der Waals surface area contributed by atoms with Crippen LogP contribution < -0.4 is 14.8 Å². The number of para-hydroxylation sites is 2. The van der Waals surface area contributed by atoms with Gasteiger partial charge < -0.3 is 19.7 Å². The van der Waals surface area contributed by atoms with Crippen molar-refractivity contribution in [3.05, 3.63) is 24.3 Å². The van der Waals surface area contributed by atoms with E-state index in [4.69, 9.17) is 9.47 Å². The van der Waals surface area contributed by atoms with E-state index in [1.807, 2.05) is 36.1 Å². The molecule has 20 heavy (non-hydrogen) atoms. The van der Waals surface area contributed by atoms with Gasteiger partial charge in [-0.3, -0.25) is 0 Å². The molecule has 1 atom stereocenters. The zero-order valence-electron chi connectivity index (χ0n) is 12.1. The van der Waals surface area contributed by atoms with E-state index in [0.29, 0.717) is 13.2 Å². The van der Waals surface area contributed by atoms with Gasteiger partial charge in [-0.2, -0.15) is 0 Å². The number of nitrogens with one attached hydrogen (secondary N) is 1. The first kappa shape index (κ1) is 14.5. The fourth-order valence-electron chi connectivity index (χ4n) is 1.92. The molecule has 2 rings (SSSR count). The molecule has 1 N–H and O–H groups in total. The van der Waals surface area contributed by atoms with E-state index in [0.717, 1.165) is 31.0 Å². The summed E-state index contributed by atoms with van der Waals surface area (Å²) >= 11 is 0. The van der Waals surface area contributed by atoms with Crippen LogP contribution in [0.15, 0.2) is 24.3 Å². The van der Waals surface area contributed by atoms with Crippen LogP contribution in [0.5, 0.6) is 11.5 Å². The van der Waals surface area contributed by atoms with E-state index in [2.05, 4.69) is 5.32 Å². The molecular formula is C15H22N2O3. The number of hydrogen-bond donors (Lipinski definition) is 1. The van der Waals surface area contributed by atoms with Crippen molar-refractivity contribution in [2.45, 2.75) is 13.3 Å². The van der Waals surface area contributed by atoms with Gasteiger partial charge in [0.2, 0.25) is 0 Å². The smallest absolute Gasteiger partial charge is 0.317 e. The Morgan fingerprint density at radius 2 is 2.05 bits per heavy atom. The van der Waals surface area contributed by atoms with Gasteiger partial charge in [-0.25, -0.2) is 4.79 Å². The van der Waals surface area contributed by atoms with Gasteiger partial charge in [-0.15, -0.1) is 0 Å². The molecule has 1 fully saturated rings. The third kappa shape index (κ3) is 3.79. The molecule has 1 aromatic rings. The average Bonchev–Trinajstić information content (AvgIpc) is 2.41. The quantitative estimate of drug-likeness (QED) is 0.867. The van der Waals surface area contributed by atoms with Crippen LogP contribution in [0.3, 0.4) is 0 Å². The van der Waals surface area contributed by atoms with Crippen molar-refractivity contribution in [3.8, 4) is 11.5 Å². The van der Waals surface area contributed by atoms with Crippen LogP contribution in [0.25, 0.3) is 0 Å². The normalized spacial score (nSPS) is 15.2. The first-order chi connectivity index (χ1) is 9.70. The SMILES string of the molecule is COc1ccccc1OC[C@@H](C)CNC(=O)N1CCC1. The summed E-state index contributed by atoms with van der Waals surface area (Å²) in [5, 5.41) is 2.92. The average molecular weight is 278 g/mol. The number of benzene rings is 1. The van der Waals surface area contributed by atoms with E-state index in [-0.39, 0.29) is 11.9 Å². The lowest BCUT2D eigenvalue weighted by Crippen LogP contribution is -2.48. The van der Waals surface area contributed by atoms with Crippen LogP contribution >= 0.6 is 0 Å². The summed E-state index contributed by atoms with van der Waals surface area (Å²) in [6.45, 7) is 4.95. The highest BCUT2D eigenvalue weighted by atomic mass is 16.5. The third-order valence-corrected chi connectivity index (χ3v) is 3.34. The molecule has 1 aliphatic rings. The number of rotatable bonds is 6. The summed E-state index contributed by atoms with van der Waals surface area (Å²) in [5.74, 6) is 1.70. The zero-order chi connectivity index (χ0) is 14.4. The molecule has 0 saturated carbocycles. The molecule has 0 aromatic heterocycles. The minimum absolute atomic E-state index is 0.0281. The van der Waals surface area contributed by atoms with Crippen LogP contribution in [0, 0.1) is 5.92 Å². The summed E-state index contributed by atoms with van der Waals surface area (Å²) in [6.07, 6.45) is 1.11. The molecule has 1 heterocycles. The first-order valence-electron chi connectivity index (χ1n) is 6.99. The predicted octanol–water partition coefficient (Wildman–Crippen LogP) is 2.13. The van der Waals surface area contributed by atoms with Crippen molar-refractivity contribution in [2.75, 3.05) is 33.4 Å². The number of hydrogen-bond acceptors (Lipinski definition) is 3. The van der Waals surface area contributed by atoms with Crippen molar-refractivity contribution < 1.29 is 14.3 Å². The topological polar surface area (TPSA) is 50.8 Å². The van der Waals surface area contributed by atoms with E-state index < -0.39 is 0 Å². The number of ether oxygens (including phenoxy) is 2. The molecule has 1 aromatic carbocycles. The lowest BCUT2D eigenvalue weighted by atomic mass is 10.2. The van der Waals surface area contributed by atoms with Crippen LogP contribution in [-0.2, 0) is 0 Å². The second-order valence-electron chi connectivity index (χ2n) is 5.09. The van der Waals surface area contributed by atoms with Gasteiger partial charge in [0.25, 0.3) is 0 Å². The fourth-order valence-corrected chi connectivity index (χ4v) is 1.92. The van der Waals surface area contributed by atoms with Crippen LogP contribution in [0.2, 0.25) is 0 Å². The lowest BCUT2D eigenvalue weighted by Gasteiger charge is -2.31. The molecule has 0 radical (unpaired) electrons. The Morgan fingerprint density at radius 3 is 2.65 bits per heavy atom. The first-order valence-corrected chi connectivity index (χ1v) is 6.99. The Balaban J connectivity index is 1.71. The molecule has 0 spiro atoms. The number of likely N-dealkylation sites (tertiary alicyclic amines) is 1. The van der Waals surface area contributed by atoms with E-state index in [1.54, 1.807) is 7.11 Å². The van der Waals surface area contributed by atoms with Crippen LogP contribution in [0.4, 0.5) is 4.79 Å². The van der Waals surface area contributed by atoms with E-state index in [9.17, 15) is 4.79 Å². The van der Waals surface area contributed by atoms with Gasteiger partial charge in [-0.05, 0) is 18.6 Å². The van der Waals surface area contributed by atoms with E-state index >= 15 is 0 Å². The predicted molar refractivity (Wildman–Crippen MR) is 77.2 cm³/mol. The number of carbonyl (C=O) groups is 1. The van der Waals surface area contributed by atoms with E-state index in [1.165, 1.54) is 0 Å². The van der Waals surface area contributed by atoms with Gasteiger partial charge in [0, 0.05) is 25.6 Å². The van der Waals surface area contributed by atoms with Crippen LogP contribution in [-0.4, -0.2) is 44.3 Å². The minimum atomic E-state index is 0.0281. The molecule has 0 aliphatic carbocycles. The number of nitrogens with zero attached hydrogens (tertiary/aromatic N) is 1. The number of urea groups is 1. The molecule has 1 saturated heterocycles. The summed E-state index contributed by atoms with van der Waals surface area (Å²) < 4.78 is 11.0. The van der Waals surface area contributed by atoms with Crippen molar-refractivity contribution in [2.24, 2.45) is 5.92 Å². The Hall–Kier alpha value is -1.91.